The number of rotatable bonds is 10. The van der Waals surface area contributed by atoms with Gasteiger partial charge in [0.1, 0.15) is 12.4 Å². The maximum Gasteiger partial charge on any atom is 0.339 e. The molecule has 34 heavy (non-hydrogen) atoms. The molecule has 3 rings (SSSR count). The fourth-order valence-electron chi connectivity index (χ4n) is 3.00. The van der Waals surface area contributed by atoms with E-state index in [0.717, 1.165) is 0 Å². The van der Waals surface area contributed by atoms with Crippen molar-refractivity contribution >= 4 is 51.7 Å². The Labute approximate surface area is 206 Å². The molecule has 1 heterocycles. The first-order valence-electron chi connectivity index (χ1n) is 10.5. The highest BCUT2D eigenvalue weighted by atomic mass is 32.2. The second-order valence-electron chi connectivity index (χ2n) is 7.03. The average Bonchev–Trinajstić information content (AvgIpc) is 3.30. The number of anilines is 2. The van der Waals surface area contributed by atoms with E-state index in [9.17, 15) is 14.4 Å². The molecule has 1 N–H and O–H groups in total. The Morgan fingerprint density at radius 1 is 1.15 bits per heavy atom. The van der Waals surface area contributed by atoms with Crippen molar-refractivity contribution in [2.75, 3.05) is 29.6 Å². The minimum Gasteiger partial charge on any atom is -0.497 e. The molecule has 0 aliphatic heterocycles. The summed E-state index contributed by atoms with van der Waals surface area (Å²) >= 11 is 2.57. The zero-order valence-corrected chi connectivity index (χ0v) is 20.7. The molecule has 0 saturated carbocycles. The summed E-state index contributed by atoms with van der Waals surface area (Å²) in [6.07, 6.45) is 0. The second kappa shape index (κ2) is 12.2. The van der Waals surface area contributed by atoms with Crippen LogP contribution >= 0.6 is 23.1 Å². The molecular formula is C24H25N3O5S2. The fourth-order valence-corrected chi connectivity index (χ4v) is 4.76. The van der Waals surface area contributed by atoms with Crippen LogP contribution in [0.1, 0.15) is 29.9 Å². The summed E-state index contributed by atoms with van der Waals surface area (Å²) in [5.74, 6) is -0.0436. The van der Waals surface area contributed by atoms with E-state index in [1.54, 1.807) is 65.9 Å². The third kappa shape index (κ3) is 6.82. The number of aromatic nitrogens is 1. The van der Waals surface area contributed by atoms with Crippen molar-refractivity contribution < 1.29 is 23.9 Å². The summed E-state index contributed by atoms with van der Waals surface area (Å²) in [6.45, 7) is 3.85. The second-order valence-corrected chi connectivity index (χ2v) is 8.88. The molecule has 0 fully saturated rings. The van der Waals surface area contributed by atoms with Crippen LogP contribution in [0.15, 0.2) is 58.8 Å². The Hall–Kier alpha value is -3.37. The van der Waals surface area contributed by atoms with Gasteiger partial charge in [0.15, 0.2) is 5.13 Å². The molecule has 0 atom stereocenters. The lowest BCUT2D eigenvalue weighted by atomic mass is 10.2. The number of esters is 1. The molecule has 0 spiro atoms. The first kappa shape index (κ1) is 25.3. The van der Waals surface area contributed by atoms with E-state index in [4.69, 9.17) is 9.47 Å². The van der Waals surface area contributed by atoms with Crippen molar-refractivity contribution in [2.24, 2.45) is 0 Å². The van der Waals surface area contributed by atoms with Crippen LogP contribution in [0.4, 0.5) is 10.8 Å². The molecular weight excluding hydrogens is 474 g/mol. The van der Waals surface area contributed by atoms with E-state index >= 15 is 0 Å². The first-order valence-corrected chi connectivity index (χ1v) is 12.3. The van der Waals surface area contributed by atoms with Crippen LogP contribution in [0.3, 0.4) is 0 Å². The number of nitrogens with zero attached hydrogens (tertiary/aromatic N) is 2. The molecule has 0 bridgehead atoms. The van der Waals surface area contributed by atoms with Crippen molar-refractivity contribution in [1.29, 1.82) is 0 Å². The average molecular weight is 500 g/mol. The van der Waals surface area contributed by atoms with Gasteiger partial charge in [-0.1, -0.05) is 18.2 Å². The van der Waals surface area contributed by atoms with Crippen LogP contribution in [-0.2, 0) is 20.9 Å². The van der Waals surface area contributed by atoms with Crippen LogP contribution in [0.25, 0.3) is 0 Å². The van der Waals surface area contributed by atoms with Crippen LogP contribution in [-0.4, -0.2) is 42.2 Å². The highest BCUT2D eigenvalue weighted by molar-refractivity contribution is 8.00. The Balaban J connectivity index is 1.58. The van der Waals surface area contributed by atoms with Gasteiger partial charge in [0.25, 0.3) is 0 Å². The van der Waals surface area contributed by atoms with Gasteiger partial charge >= 0.3 is 5.97 Å². The summed E-state index contributed by atoms with van der Waals surface area (Å²) in [4.78, 5) is 43.4. The quantitative estimate of drug-likeness (QED) is 0.321. The molecule has 3 aromatic rings. The van der Waals surface area contributed by atoms with Crippen LogP contribution in [0.2, 0.25) is 0 Å². The van der Waals surface area contributed by atoms with Gasteiger partial charge < -0.3 is 14.8 Å². The largest absolute Gasteiger partial charge is 0.497 e. The van der Waals surface area contributed by atoms with Gasteiger partial charge in [0.2, 0.25) is 11.8 Å². The minimum absolute atomic E-state index is 0.0138. The predicted octanol–water partition coefficient (Wildman–Crippen LogP) is 4.61. The number of hydrogen-bond donors (Lipinski definition) is 1. The number of methoxy groups -OCH3 is 1. The summed E-state index contributed by atoms with van der Waals surface area (Å²) in [7, 11) is 1.56. The number of amides is 2. The Kier molecular flexibility index (Phi) is 9.06. The van der Waals surface area contributed by atoms with Gasteiger partial charge in [-0.25, -0.2) is 9.78 Å². The molecule has 178 valence electrons. The van der Waals surface area contributed by atoms with Gasteiger partial charge in [-0.05, 0) is 31.2 Å². The van der Waals surface area contributed by atoms with E-state index in [-0.39, 0.29) is 24.2 Å². The van der Waals surface area contributed by atoms with Gasteiger partial charge in [0, 0.05) is 35.5 Å². The number of nitrogens with one attached hydrogen (secondary N) is 1. The SMILES string of the molecule is CCN(C(C)=O)c1nc(COC(=O)c2ccccc2SCC(=O)Nc2cccc(OC)c2)cs1. The third-order valence-electron chi connectivity index (χ3n) is 4.64. The highest BCUT2D eigenvalue weighted by Crippen LogP contribution is 2.25. The molecule has 0 aliphatic carbocycles. The van der Waals surface area contributed by atoms with Crippen molar-refractivity contribution in [1.82, 2.24) is 4.98 Å². The van der Waals surface area contributed by atoms with E-state index in [1.165, 1.54) is 30.0 Å². The number of thiazole rings is 1. The molecule has 2 aromatic carbocycles. The molecule has 2 amide bonds. The normalized spacial score (nSPS) is 10.4. The van der Waals surface area contributed by atoms with Crippen molar-refractivity contribution in [3.63, 3.8) is 0 Å². The molecule has 0 saturated heterocycles. The van der Waals surface area contributed by atoms with Gasteiger partial charge in [-0.2, -0.15) is 0 Å². The monoisotopic (exact) mass is 499 g/mol. The maximum atomic E-state index is 12.7. The predicted molar refractivity (Wildman–Crippen MR) is 134 cm³/mol. The van der Waals surface area contributed by atoms with Crippen LogP contribution in [0, 0.1) is 0 Å². The maximum absolute atomic E-state index is 12.7. The topological polar surface area (TPSA) is 97.8 Å². The molecule has 0 unspecified atom stereocenters. The number of ether oxygens (including phenoxy) is 2. The smallest absolute Gasteiger partial charge is 0.339 e. The Morgan fingerprint density at radius 3 is 2.68 bits per heavy atom. The number of hydrogen-bond acceptors (Lipinski definition) is 8. The van der Waals surface area contributed by atoms with E-state index in [1.807, 2.05) is 6.92 Å². The minimum atomic E-state index is -0.509. The zero-order chi connectivity index (χ0) is 24.5. The standard InChI is InChI=1S/C24H25N3O5S2/c1-4-27(16(2)28)24-26-18(14-34-24)13-32-23(30)20-10-5-6-11-21(20)33-15-22(29)25-17-8-7-9-19(12-17)31-3/h5-12,14H,4,13,15H2,1-3H3,(H,25,29). The summed E-state index contributed by atoms with van der Waals surface area (Å²) in [5, 5.41) is 5.15. The van der Waals surface area contributed by atoms with Crippen LogP contribution < -0.4 is 15.0 Å². The summed E-state index contributed by atoms with van der Waals surface area (Å²) in [5.41, 5.74) is 1.57. The molecule has 0 aliphatic rings. The first-order chi connectivity index (χ1) is 16.4. The Bertz CT molecular complexity index is 1160. The van der Waals surface area contributed by atoms with E-state index in [0.29, 0.717) is 39.3 Å². The number of carbonyl (C=O) groups excluding carboxylic acids is 3. The van der Waals surface area contributed by atoms with Crippen molar-refractivity contribution in [2.45, 2.75) is 25.3 Å². The fraction of sp³-hybridized carbons (Fsp3) is 0.250. The van der Waals surface area contributed by atoms with Crippen molar-refractivity contribution in [3.8, 4) is 5.75 Å². The van der Waals surface area contributed by atoms with E-state index < -0.39 is 5.97 Å². The van der Waals surface area contributed by atoms with Gasteiger partial charge in [-0.3, -0.25) is 14.5 Å². The zero-order valence-electron chi connectivity index (χ0n) is 19.1. The number of benzene rings is 2. The third-order valence-corrected chi connectivity index (χ3v) is 6.62. The Morgan fingerprint density at radius 2 is 1.94 bits per heavy atom. The molecule has 8 nitrogen and oxygen atoms in total. The highest BCUT2D eigenvalue weighted by Gasteiger charge is 2.17. The lowest BCUT2D eigenvalue weighted by molar-refractivity contribution is -0.116. The summed E-state index contributed by atoms with van der Waals surface area (Å²) in [6, 6.07) is 14.1. The lowest BCUT2D eigenvalue weighted by Gasteiger charge is -2.14. The molecule has 1 aromatic heterocycles. The molecule has 10 heteroatoms. The number of carbonyl (C=O) groups is 3. The van der Waals surface area contributed by atoms with Gasteiger partial charge in [-0.15, -0.1) is 23.1 Å². The number of thioether (sulfide) groups is 1. The van der Waals surface area contributed by atoms with E-state index in [2.05, 4.69) is 10.3 Å². The lowest BCUT2D eigenvalue weighted by Crippen LogP contribution is -2.27. The van der Waals surface area contributed by atoms with Gasteiger partial charge in [0.05, 0.1) is 24.1 Å². The van der Waals surface area contributed by atoms with Crippen molar-refractivity contribution in [3.05, 3.63) is 65.2 Å². The summed E-state index contributed by atoms with van der Waals surface area (Å²) < 4.78 is 10.6. The molecule has 0 radical (unpaired) electrons. The van der Waals surface area contributed by atoms with Crippen LogP contribution in [0.5, 0.6) is 5.75 Å².